The summed E-state index contributed by atoms with van der Waals surface area (Å²) in [7, 11) is 0. The summed E-state index contributed by atoms with van der Waals surface area (Å²) in [5, 5.41) is 0. The average Bonchev–Trinajstić information content (AvgIpc) is 2.98. The van der Waals surface area contributed by atoms with Crippen molar-refractivity contribution in [3.63, 3.8) is 0 Å². The highest BCUT2D eigenvalue weighted by Crippen LogP contribution is 2.34. The van der Waals surface area contributed by atoms with Gasteiger partial charge in [0.1, 0.15) is 0 Å². The van der Waals surface area contributed by atoms with Gasteiger partial charge in [0.05, 0.1) is 0 Å². The van der Waals surface area contributed by atoms with Gasteiger partial charge in [-0.2, -0.15) is 0 Å². The number of aryl methyl sites for hydroxylation is 4. The van der Waals surface area contributed by atoms with E-state index in [1.54, 1.807) is 0 Å². The zero-order chi connectivity index (χ0) is 29.9. The molecule has 0 aliphatic rings. The molecule has 0 aromatic heterocycles. The van der Waals surface area contributed by atoms with Gasteiger partial charge in [-0.25, -0.2) is 0 Å². The molecule has 0 saturated carbocycles. The van der Waals surface area contributed by atoms with E-state index in [2.05, 4.69) is 100 Å². The molecule has 0 aliphatic carbocycles. The van der Waals surface area contributed by atoms with E-state index in [0.29, 0.717) is 11.8 Å². The lowest BCUT2D eigenvalue weighted by Crippen LogP contribution is -2.04. The Morgan fingerprint density at radius 3 is 1.21 bits per heavy atom. The molecule has 42 heavy (non-hydrogen) atoms. The highest BCUT2D eigenvalue weighted by atomic mass is 14.5. The van der Waals surface area contributed by atoms with E-state index in [4.69, 9.17) is 11.5 Å². The molecule has 0 radical (unpaired) electrons. The first-order valence-corrected chi connectivity index (χ1v) is 16.3. The van der Waals surface area contributed by atoms with Crippen LogP contribution in [-0.2, 0) is 12.8 Å². The number of nitrogens with two attached hydrogens (primary N) is 2. The van der Waals surface area contributed by atoms with E-state index in [0.717, 1.165) is 37.1 Å². The van der Waals surface area contributed by atoms with Gasteiger partial charge in [0.15, 0.2) is 0 Å². The van der Waals surface area contributed by atoms with Crippen molar-refractivity contribution in [1.29, 1.82) is 0 Å². The summed E-state index contributed by atoms with van der Waals surface area (Å²) < 4.78 is 0. The third kappa shape index (κ3) is 8.51. The molecule has 4 N–H and O–H groups in total. The highest BCUT2D eigenvalue weighted by Gasteiger charge is 2.17. The minimum Gasteiger partial charge on any atom is -0.399 e. The molecule has 4 aromatic carbocycles. The summed E-state index contributed by atoms with van der Waals surface area (Å²) in [6.07, 6.45) is 12.1. The summed E-state index contributed by atoms with van der Waals surface area (Å²) in [4.78, 5) is 0. The summed E-state index contributed by atoms with van der Waals surface area (Å²) in [6, 6.07) is 31.6. The van der Waals surface area contributed by atoms with Gasteiger partial charge in [0.25, 0.3) is 0 Å². The van der Waals surface area contributed by atoms with Gasteiger partial charge >= 0.3 is 0 Å². The summed E-state index contributed by atoms with van der Waals surface area (Å²) >= 11 is 0. The standard InChI is InChI=1S/C40H52N2/c1-5-11-39(37-25-23-35(41)27-29(37)3)33-19-15-31(16-20-33)13-9-7-8-10-14-32-17-21-34(22-18-32)40(12-6-2)38-26-24-36(42)28-30(38)4/h15-28,39-40H,5-14,41-42H2,1-4H3. The lowest BCUT2D eigenvalue weighted by Gasteiger charge is -2.20. The van der Waals surface area contributed by atoms with Crippen LogP contribution in [0.1, 0.15) is 122 Å². The lowest BCUT2D eigenvalue weighted by molar-refractivity contribution is 0.639. The third-order valence-electron chi connectivity index (χ3n) is 8.94. The van der Waals surface area contributed by atoms with Gasteiger partial charge in [0.2, 0.25) is 0 Å². The Labute approximate surface area is 255 Å². The van der Waals surface area contributed by atoms with Crippen molar-refractivity contribution in [2.24, 2.45) is 0 Å². The van der Waals surface area contributed by atoms with Crippen LogP contribution in [0.15, 0.2) is 84.9 Å². The monoisotopic (exact) mass is 560 g/mol. The first kappa shape index (κ1) is 31.4. The first-order valence-electron chi connectivity index (χ1n) is 16.3. The molecule has 222 valence electrons. The number of hydrogen-bond acceptors (Lipinski definition) is 2. The maximum atomic E-state index is 6.01. The average molecular weight is 561 g/mol. The van der Waals surface area contributed by atoms with E-state index in [-0.39, 0.29) is 0 Å². The van der Waals surface area contributed by atoms with Gasteiger partial charge in [0, 0.05) is 23.2 Å². The summed E-state index contributed by atoms with van der Waals surface area (Å²) in [5.41, 5.74) is 24.9. The van der Waals surface area contributed by atoms with Crippen molar-refractivity contribution in [1.82, 2.24) is 0 Å². The Kier molecular flexibility index (Phi) is 11.7. The fraction of sp³-hybridized carbons (Fsp3) is 0.400. The van der Waals surface area contributed by atoms with E-state index in [9.17, 15) is 0 Å². The number of hydrogen-bond donors (Lipinski definition) is 2. The van der Waals surface area contributed by atoms with Crippen LogP contribution in [0, 0.1) is 13.8 Å². The van der Waals surface area contributed by atoms with Crippen LogP contribution >= 0.6 is 0 Å². The second kappa shape index (κ2) is 15.6. The molecule has 0 heterocycles. The zero-order valence-electron chi connectivity index (χ0n) is 26.5. The molecule has 2 heteroatoms. The normalized spacial score (nSPS) is 12.8. The number of unbranched alkanes of at least 4 members (excludes halogenated alkanes) is 3. The number of benzene rings is 4. The van der Waals surface area contributed by atoms with Gasteiger partial charge in [-0.15, -0.1) is 0 Å². The molecule has 4 aromatic rings. The molecule has 0 saturated heterocycles. The van der Waals surface area contributed by atoms with Crippen molar-refractivity contribution < 1.29 is 0 Å². The fourth-order valence-electron chi connectivity index (χ4n) is 6.61. The maximum Gasteiger partial charge on any atom is 0.0316 e. The highest BCUT2D eigenvalue weighted by molar-refractivity contribution is 5.49. The SMILES string of the molecule is CCCC(c1ccc(CCCCCCc2ccc(C(CCC)c3ccc(N)cc3C)cc2)cc1)c1ccc(N)cc1C. The Hall–Kier alpha value is -3.52. The molecule has 0 spiro atoms. The smallest absolute Gasteiger partial charge is 0.0316 e. The zero-order valence-corrected chi connectivity index (χ0v) is 26.5. The van der Waals surface area contributed by atoms with Crippen LogP contribution in [0.2, 0.25) is 0 Å². The predicted molar refractivity (Wildman–Crippen MR) is 183 cm³/mol. The minimum atomic E-state index is 0.443. The van der Waals surface area contributed by atoms with E-state index in [1.807, 2.05) is 12.1 Å². The van der Waals surface area contributed by atoms with Crippen LogP contribution in [0.25, 0.3) is 0 Å². The van der Waals surface area contributed by atoms with Crippen LogP contribution in [-0.4, -0.2) is 0 Å². The van der Waals surface area contributed by atoms with Crippen LogP contribution in [0.3, 0.4) is 0 Å². The van der Waals surface area contributed by atoms with Crippen LogP contribution in [0.5, 0.6) is 0 Å². The molecule has 2 nitrogen and oxygen atoms in total. The quantitative estimate of drug-likeness (QED) is 0.112. The minimum absolute atomic E-state index is 0.443. The van der Waals surface area contributed by atoms with Gasteiger partial charge in [-0.05, 0) is 121 Å². The number of rotatable bonds is 15. The first-order chi connectivity index (χ1) is 20.4. The molecule has 4 rings (SSSR count). The molecule has 0 aliphatic heterocycles. The third-order valence-corrected chi connectivity index (χ3v) is 8.94. The molecule has 2 unspecified atom stereocenters. The molecule has 2 atom stereocenters. The molecule has 0 amide bonds. The molecular weight excluding hydrogens is 508 g/mol. The fourth-order valence-corrected chi connectivity index (χ4v) is 6.61. The Balaban J connectivity index is 1.23. The van der Waals surface area contributed by atoms with Crippen LogP contribution in [0.4, 0.5) is 11.4 Å². The van der Waals surface area contributed by atoms with Crippen molar-refractivity contribution in [2.45, 2.75) is 104 Å². The predicted octanol–water partition coefficient (Wildman–Crippen LogP) is 10.7. The van der Waals surface area contributed by atoms with Gasteiger partial charge in [-0.1, -0.05) is 100 Å². The maximum absolute atomic E-state index is 6.01. The van der Waals surface area contributed by atoms with Crippen LogP contribution < -0.4 is 11.5 Å². The van der Waals surface area contributed by atoms with Crippen molar-refractivity contribution in [3.8, 4) is 0 Å². The second-order valence-electron chi connectivity index (χ2n) is 12.3. The van der Waals surface area contributed by atoms with Crippen molar-refractivity contribution in [2.75, 3.05) is 11.5 Å². The largest absolute Gasteiger partial charge is 0.399 e. The Morgan fingerprint density at radius 1 is 0.500 bits per heavy atom. The van der Waals surface area contributed by atoms with Crippen molar-refractivity contribution in [3.05, 3.63) is 129 Å². The lowest BCUT2D eigenvalue weighted by atomic mass is 9.84. The summed E-state index contributed by atoms with van der Waals surface area (Å²) in [5.74, 6) is 0.885. The van der Waals surface area contributed by atoms with E-state index >= 15 is 0 Å². The van der Waals surface area contributed by atoms with E-state index < -0.39 is 0 Å². The topological polar surface area (TPSA) is 52.0 Å². The van der Waals surface area contributed by atoms with Crippen molar-refractivity contribution >= 4 is 11.4 Å². The van der Waals surface area contributed by atoms with Gasteiger partial charge in [-0.3, -0.25) is 0 Å². The number of nitrogen functional groups attached to an aromatic ring is 2. The van der Waals surface area contributed by atoms with Gasteiger partial charge < -0.3 is 11.5 Å². The Morgan fingerprint density at radius 2 is 0.881 bits per heavy atom. The molecule has 0 fully saturated rings. The summed E-state index contributed by atoms with van der Waals surface area (Å²) in [6.45, 7) is 8.92. The second-order valence-corrected chi connectivity index (χ2v) is 12.3. The Bertz CT molecular complexity index is 1280. The van der Waals surface area contributed by atoms with E-state index in [1.165, 1.54) is 83.0 Å². The number of anilines is 2. The molecule has 0 bridgehead atoms. The molecular formula is C40H52N2.